The number of carbonyl (C=O) groups excluding carboxylic acids is 1. The first-order chi connectivity index (χ1) is 7.22. The monoisotopic (exact) mass is 224 g/mol. The molecule has 0 bridgehead atoms. The number of esters is 1. The van der Waals surface area contributed by atoms with Crippen LogP contribution in [0, 0.1) is 0 Å². The molecule has 78 valence electrons. The predicted octanol–water partition coefficient (Wildman–Crippen LogP) is 2.39. The van der Waals surface area contributed by atoms with Crippen LogP contribution in [-0.2, 0) is 4.74 Å². The second-order valence-electron chi connectivity index (χ2n) is 2.96. The second kappa shape index (κ2) is 3.90. The zero-order valence-electron chi connectivity index (χ0n) is 8.08. The highest BCUT2D eigenvalue weighted by Gasteiger charge is 2.14. The molecule has 0 aliphatic rings. The van der Waals surface area contributed by atoms with Crippen molar-refractivity contribution < 1.29 is 9.53 Å². The number of nitrogens with one attached hydrogen (secondary N) is 1. The molecule has 0 radical (unpaired) electrons. The quantitative estimate of drug-likeness (QED) is 0.630. The van der Waals surface area contributed by atoms with Crippen LogP contribution in [0.1, 0.15) is 17.4 Å². The van der Waals surface area contributed by atoms with Gasteiger partial charge in [0.2, 0.25) is 0 Å². The molecule has 1 N–H and O–H groups in total. The Morgan fingerprint density at radius 1 is 1.67 bits per heavy atom. The third-order valence-corrected chi connectivity index (χ3v) is 2.17. The van der Waals surface area contributed by atoms with E-state index in [9.17, 15) is 4.79 Å². The maximum Gasteiger partial charge on any atom is 0.359 e. The van der Waals surface area contributed by atoms with Crippen LogP contribution in [-0.4, -0.2) is 22.5 Å². The molecule has 0 aromatic carbocycles. The number of carbonyl (C=O) groups is 1. The molecule has 0 saturated carbocycles. The fourth-order valence-electron chi connectivity index (χ4n) is 1.38. The SMILES string of the molecule is CCOC(=O)c1nc(Cl)cc2cc[nH]c12. The van der Waals surface area contributed by atoms with Crippen molar-refractivity contribution in [3.63, 3.8) is 0 Å². The standard InChI is InChI=1S/C10H9ClN2O2/c1-2-15-10(14)9-8-6(3-4-12-8)5-7(11)13-9/h3-5,12H,2H2,1H3. The highest BCUT2D eigenvalue weighted by Crippen LogP contribution is 2.20. The van der Waals surface area contributed by atoms with E-state index in [4.69, 9.17) is 16.3 Å². The van der Waals surface area contributed by atoms with E-state index in [-0.39, 0.29) is 10.8 Å². The summed E-state index contributed by atoms with van der Waals surface area (Å²) in [6, 6.07) is 3.52. The van der Waals surface area contributed by atoms with Crippen LogP contribution in [0.5, 0.6) is 0 Å². The van der Waals surface area contributed by atoms with E-state index in [1.807, 2.05) is 6.07 Å². The Kier molecular flexibility index (Phi) is 2.60. The van der Waals surface area contributed by atoms with Gasteiger partial charge in [0.15, 0.2) is 5.69 Å². The minimum absolute atomic E-state index is 0.226. The second-order valence-corrected chi connectivity index (χ2v) is 3.34. The van der Waals surface area contributed by atoms with Crippen LogP contribution in [0.15, 0.2) is 18.3 Å². The maximum atomic E-state index is 11.5. The molecule has 0 saturated heterocycles. The molecular weight excluding hydrogens is 216 g/mol. The summed E-state index contributed by atoms with van der Waals surface area (Å²) in [6.07, 6.45) is 1.73. The Morgan fingerprint density at radius 2 is 2.47 bits per heavy atom. The summed E-state index contributed by atoms with van der Waals surface area (Å²) in [6.45, 7) is 2.06. The van der Waals surface area contributed by atoms with Gasteiger partial charge in [0.25, 0.3) is 0 Å². The first-order valence-electron chi connectivity index (χ1n) is 4.53. The average Bonchev–Trinajstić information content (AvgIpc) is 2.64. The molecule has 0 unspecified atom stereocenters. The predicted molar refractivity (Wildman–Crippen MR) is 57.1 cm³/mol. The van der Waals surface area contributed by atoms with Crippen molar-refractivity contribution in [1.29, 1.82) is 0 Å². The first kappa shape index (κ1) is 9.98. The Morgan fingerprint density at radius 3 is 3.20 bits per heavy atom. The topological polar surface area (TPSA) is 55.0 Å². The lowest BCUT2D eigenvalue weighted by atomic mass is 10.2. The number of nitrogens with zero attached hydrogens (tertiary/aromatic N) is 1. The van der Waals surface area contributed by atoms with E-state index >= 15 is 0 Å². The third-order valence-electron chi connectivity index (χ3n) is 1.98. The summed E-state index contributed by atoms with van der Waals surface area (Å²) in [4.78, 5) is 18.4. The van der Waals surface area contributed by atoms with Crippen LogP contribution in [0.25, 0.3) is 10.9 Å². The third kappa shape index (κ3) is 1.80. The molecule has 0 aliphatic heterocycles. The Hall–Kier alpha value is -1.55. The molecule has 2 rings (SSSR count). The van der Waals surface area contributed by atoms with Gasteiger partial charge in [-0.1, -0.05) is 11.6 Å². The Balaban J connectivity index is 2.57. The molecule has 5 heteroatoms. The zero-order valence-corrected chi connectivity index (χ0v) is 8.84. The van der Waals surface area contributed by atoms with Gasteiger partial charge in [-0.05, 0) is 19.1 Å². The van der Waals surface area contributed by atoms with Crippen molar-refractivity contribution in [1.82, 2.24) is 9.97 Å². The van der Waals surface area contributed by atoms with Crippen LogP contribution in [0.2, 0.25) is 5.15 Å². The number of aromatic amines is 1. The number of ether oxygens (including phenoxy) is 1. The number of aromatic nitrogens is 2. The molecule has 0 spiro atoms. The number of pyridine rings is 1. The van der Waals surface area contributed by atoms with Crippen molar-refractivity contribution in [2.75, 3.05) is 6.61 Å². The van der Waals surface area contributed by atoms with Crippen molar-refractivity contribution in [2.45, 2.75) is 6.92 Å². The summed E-state index contributed by atoms with van der Waals surface area (Å²) in [5, 5.41) is 1.13. The highest BCUT2D eigenvalue weighted by molar-refractivity contribution is 6.30. The number of hydrogen-bond acceptors (Lipinski definition) is 3. The van der Waals surface area contributed by atoms with Gasteiger partial charge in [0.05, 0.1) is 12.1 Å². The van der Waals surface area contributed by atoms with Crippen molar-refractivity contribution in [3.05, 3.63) is 29.2 Å². The van der Waals surface area contributed by atoms with Crippen molar-refractivity contribution in [3.8, 4) is 0 Å². The largest absolute Gasteiger partial charge is 0.461 e. The number of rotatable bonds is 2. The Labute approximate surface area is 91.2 Å². The van der Waals surface area contributed by atoms with E-state index in [1.165, 1.54) is 0 Å². The lowest BCUT2D eigenvalue weighted by Gasteiger charge is -2.02. The molecule has 0 amide bonds. The smallest absolute Gasteiger partial charge is 0.359 e. The molecule has 0 fully saturated rings. The zero-order chi connectivity index (χ0) is 10.8. The molecule has 2 aromatic heterocycles. The lowest BCUT2D eigenvalue weighted by Crippen LogP contribution is -2.08. The van der Waals surface area contributed by atoms with Crippen LogP contribution in [0.4, 0.5) is 0 Å². The fraction of sp³-hybridized carbons (Fsp3) is 0.200. The number of H-pyrrole nitrogens is 1. The molecule has 4 nitrogen and oxygen atoms in total. The van der Waals surface area contributed by atoms with Crippen LogP contribution in [0.3, 0.4) is 0 Å². The van der Waals surface area contributed by atoms with Gasteiger partial charge in [-0.2, -0.15) is 0 Å². The van der Waals surface area contributed by atoms with E-state index in [0.717, 1.165) is 5.39 Å². The first-order valence-corrected chi connectivity index (χ1v) is 4.91. The molecular formula is C10H9ClN2O2. The minimum Gasteiger partial charge on any atom is -0.461 e. The normalized spacial score (nSPS) is 10.5. The number of fused-ring (bicyclic) bond motifs is 1. The van der Waals surface area contributed by atoms with Gasteiger partial charge in [-0.15, -0.1) is 0 Å². The summed E-state index contributed by atoms with van der Waals surface area (Å²) < 4.78 is 4.88. The Bertz CT molecular complexity index is 507. The van der Waals surface area contributed by atoms with Crippen molar-refractivity contribution in [2.24, 2.45) is 0 Å². The summed E-state index contributed by atoms with van der Waals surface area (Å²) in [5.41, 5.74) is 0.877. The van der Waals surface area contributed by atoms with Gasteiger partial charge >= 0.3 is 5.97 Å². The van der Waals surface area contributed by atoms with Gasteiger partial charge in [0.1, 0.15) is 5.15 Å². The molecule has 2 aromatic rings. The molecule has 0 atom stereocenters. The van der Waals surface area contributed by atoms with E-state index < -0.39 is 5.97 Å². The summed E-state index contributed by atoms with van der Waals surface area (Å²) in [5.74, 6) is -0.465. The van der Waals surface area contributed by atoms with Crippen LogP contribution >= 0.6 is 11.6 Å². The highest BCUT2D eigenvalue weighted by atomic mass is 35.5. The van der Waals surface area contributed by atoms with Crippen molar-refractivity contribution >= 4 is 28.5 Å². The average molecular weight is 225 g/mol. The van der Waals surface area contributed by atoms with E-state index in [0.29, 0.717) is 12.1 Å². The maximum absolute atomic E-state index is 11.5. The number of halogens is 1. The summed E-state index contributed by atoms with van der Waals surface area (Å²) in [7, 11) is 0. The molecule has 0 aliphatic carbocycles. The lowest BCUT2D eigenvalue weighted by molar-refractivity contribution is 0.0522. The molecule has 2 heterocycles. The van der Waals surface area contributed by atoms with E-state index in [1.54, 1.807) is 19.2 Å². The van der Waals surface area contributed by atoms with Gasteiger partial charge in [0, 0.05) is 11.6 Å². The minimum atomic E-state index is -0.465. The fourth-order valence-corrected chi connectivity index (χ4v) is 1.58. The van der Waals surface area contributed by atoms with Gasteiger partial charge < -0.3 is 9.72 Å². The van der Waals surface area contributed by atoms with E-state index in [2.05, 4.69) is 9.97 Å². The van der Waals surface area contributed by atoms with Crippen LogP contribution < -0.4 is 0 Å². The number of hydrogen-bond donors (Lipinski definition) is 1. The summed E-state index contributed by atoms with van der Waals surface area (Å²) >= 11 is 5.79. The molecule has 15 heavy (non-hydrogen) atoms. The van der Waals surface area contributed by atoms with Gasteiger partial charge in [-0.25, -0.2) is 9.78 Å². The van der Waals surface area contributed by atoms with Gasteiger partial charge in [-0.3, -0.25) is 0 Å².